The maximum Gasteiger partial charge on any atom is 0.230 e. The Labute approximate surface area is 192 Å². The standard InChI is InChI=1S/C23H29N5O3S/c1-16(2)18-9-7-17(8-10-18)11-12-25-22(29)15-32-23-27-26-21(28(23)24)14-31-20-6-4-5-19(13-20)30-3/h4-10,13,16H,11-12,14-15,24H2,1-3H3,(H,25,29). The van der Waals surface area contributed by atoms with Gasteiger partial charge in [0, 0.05) is 12.6 Å². The largest absolute Gasteiger partial charge is 0.497 e. The Hall–Kier alpha value is -3.20. The summed E-state index contributed by atoms with van der Waals surface area (Å²) in [7, 11) is 1.60. The Kier molecular flexibility index (Phi) is 8.38. The first kappa shape index (κ1) is 23.5. The van der Waals surface area contributed by atoms with E-state index in [-0.39, 0.29) is 18.3 Å². The minimum Gasteiger partial charge on any atom is -0.497 e. The highest BCUT2D eigenvalue weighted by Crippen LogP contribution is 2.20. The van der Waals surface area contributed by atoms with E-state index in [2.05, 4.69) is 53.6 Å². The van der Waals surface area contributed by atoms with Crippen molar-refractivity contribution < 1.29 is 14.3 Å². The molecule has 0 radical (unpaired) electrons. The van der Waals surface area contributed by atoms with E-state index in [1.165, 1.54) is 27.6 Å². The number of hydrogen-bond donors (Lipinski definition) is 2. The minimum absolute atomic E-state index is 0.0778. The SMILES string of the molecule is COc1cccc(OCc2nnc(SCC(=O)NCCc3ccc(C(C)C)cc3)n2N)c1. The van der Waals surface area contributed by atoms with Crippen LogP contribution in [0.15, 0.2) is 53.7 Å². The van der Waals surface area contributed by atoms with Gasteiger partial charge in [0.1, 0.15) is 18.1 Å². The average molecular weight is 456 g/mol. The van der Waals surface area contributed by atoms with Gasteiger partial charge in [0.05, 0.1) is 12.9 Å². The second kappa shape index (κ2) is 11.4. The van der Waals surface area contributed by atoms with E-state index >= 15 is 0 Å². The van der Waals surface area contributed by atoms with Crippen molar-refractivity contribution in [2.45, 2.75) is 37.9 Å². The van der Waals surface area contributed by atoms with Crippen LogP contribution in [0.1, 0.15) is 36.7 Å². The summed E-state index contributed by atoms with van der Waals surface area (Å²) >= 11 is 1.23. The van der Waals surface area contributed by atoms with Crippen molar-refractivity contribution in [1.29, 1.82) is 0 Å². The van der Waals surface area contributed by atoms with Gasteiger partial charge < -0.3 is 20.6 Å². The van der Waals surface area contributed by atoms with E-state index in [1.807, 2.05) is 18.2 Å². The summed E-state index contributed by atoms with van der Waals surface area (Å²) in [5.41, 5.74) is 2.51. The zero-order valence-electron chi connectivity index (χ0n) is 18.6. The molecule has 32 heavy (non-hydrogen) atoms. The number of methoxy groups -OCH3 is 1. The Morgan fingerprint density at radius 2 is 1.91 bits per heavy atom. The number of nitrogen functional groups attached to an aromatic ring is 1. The van der Waals surface area contributed by atoms with Crippen molar-refractivity contribution in [2.24, 2.45) is 0 Å². The van der Waals surface area contributed by atoms with Crippen LogP contribution in [0.4, 0.5) is 0 Å². The highest BCUT2D eigenvalue weighted by molar-refractivity contribution is 7.99. The lowest BCUT2D eigenvalue weighted by molar-refractivity contribution is -0.118. The van der Waals surface area contributed by atoms with Crippen LogP contribution in [0, 0.1) is 0 Å². The van der Waals surface area contributed by atoms with Crippen LogP contribution in [-0.4, -0.2) is 40.2 Å². The molecule has 0 fully saturated rings. The molecule has 0 saturated carbocycles. The smallest absolute Gasteiger partial charge is 0.230 e. The number of thioether (sulfide) groups is 1. The fraction of sp³-hybridized carbons (Fsp3) is 0.348. The maximum atomic E-state index is 12.2. The molecule has 1 heterocycles. The van der Waals surface area contributed by atoms with Gasteiger partial charge in [0.15, 0.2) is 5.82 Å². The summed E-state index contributed by atoms with van der Waals surface area (Å²) in [5.74, 6) is 8.49. The molecule has 0 saturated heterocycles. The van der Waals surface area contributed by atoms with Crippen LogP contribution < -0.4 is 20.6 Å². The third kappa shape index (κ3) is 6.65. The molecule has 9 heteroatoms. The summed E-state index contributed by atoms with van der Waals surface area (Å²) in [6.45, 7) is 5.08. The molecule has 0 aliphatic rings. The van der Waals surface area contributed by atoms with Crippen LogP contribution in [0.2, 0.25) is 0 Å². The molecule has 0 spiro atoms. The first-order chi connectivity index (χ1) is 15.5. The Morgan fingerprint density at radius 1 is 1.16 bits per heavy atom. The number of ether oxygens (including phenoxy) is 2. The number of carbonyl (C=O) groups excluding carboxylic acids is 1. The van der Waals surface area contributed by atoms with Gasteiger partial charge in [-0.2, -0.15) is 0 Å². The van der Waals surface area contributed by atoms with E-state index in [1.54, 1.807) is 13.2 Å². The number of aromatic nitrogens is 3. The first-order valence-corrected chi connectivity index (χ1v) is 11.4. The van der Waals surface area contributed by atoms with Gasteiger partial charge >= 0.3 is 0 Å². The number of nitrogens with two attached hydrogens (primary N) is 1. The van der Waals surface area contributed by atoms with Crippen molar-refractivity contribution >= 4 is 17.7 Å². The van der Waals surface area contributed by atoms with E-state index in [4.69, 9.17) is 15.3 Å². The van der Waals surface area contributed by atoms with Gasteiger partial charge in [0.2, 0.25) is 11.1 Å². The zero-order valence-corrected chi connectivity index (χ0v) is 19.4. The molecule has 0 aliphatic carbocycles. The van der Waals surface area contributed by atoms with Crippen LogP contribution in [0.5, 0.6) is 11.5 Å². The highest BCUT2D eigenvalue weighted by Gasteiger charge is 2.13. The van der Waals surface area contributed by atoms with Crippen molar-refractivity contribution in [1.82, 2.24) is 20.2 Å². The number of hydrogen-bond acceptors (Lipinski definition) is 7. The molecule has 0 atom stereocenters. The minimum atomic E-state index is -0.0778. The zero-order chi connectivity index (χ0) is 22.9. The molecule has 2 aromatic carbocycles. The Morgan fingerprint density at radius 3 is 2.62 bits per heavy atom. The summed E-state index contributed by atoms with van der Waals surface area (Å²) in [6, 6.07) is 15.8. The second-order valence-electron chi connectivity index (χ2n) is 7.52. The van der Waals surface area contributed by atoms with Gasteiger partial charge in [-0.05, 0) is 35.6 Å². The third-order valence-electron chi connectivity index (χ3n) is 4.86. The summed E-state index contributed by atoms with van der Waals surface area (Å²) in [5, 5.41) is 11.5. The fourth-order valence-electron chi connectivity index (χ4n) is 2.94. The molecule has 0 bridgehead atoms. The third-order valence-corrected chi connectivity index (χ3v) is 5.80. The molecule has 8 nitrogen and oxygen atoms in total. The number of benzene rings is 2. The summed E-state index contributed by atoms with van der Waals surface area (Å²) in [6.07, 6.45) is 0.785. The average Bonchev–Trinajstić information content (AvgIpc) is 3.16. The molecule has 170 valence electrons. The van der Waals surface area contributed by atoms with Gasteiger partial charge in [-0.15, -0.1) is 10.2 Å². The van der Waals surface area contributed by atoms with Gasteiger partial charge in [0.25, 0.3) is 0 Å². The number of nitrogens with one attached hydrogen (secondary N) is 1. The Bertz CT molecular complexity index is 1020. The molecule has 1 amide bonds. The number of rotatable bonds is 11. The van der Waals surface area contributed by atoms with Crippen LogP contribution >= 0.6 is 11.8 Å². The van der Waals surface area contributed by atoms with Crippen molar-refractivity contribution in [3.8, 4) is 11.5 Å². The highest BCUT2D eigenvalue weighted by atomic mass is 32.2. The van der Waals surface area contributed by atoms with E-state index in [0.29, 0.717) is 34.9 Å². The number of amides is 1. The predicted molar refractivity (Wildman–Crippen MR) is 125 cm³/mol. The molecule has 1 aromatic heterocycles. The fourth-order valence-corrected chi connectivity index (χ4v) is 3.64. The molecule has 0 aliphatic heterocycles. The lowest BCUT2D eigenvalue weighted by Crippen LogP contribution is -2.27. The second-order valence-corrected chi connectivity index (χ2v) is 8.46. The number of nitrogens with zero attached hydrogens (tertiary/aromatic N) is 3. The van der Waals surface area contributed by atoms with E-state index in [9.17, 15) is 4.79 Å². The molecule has 3 aromatic rings. The van der Waals surface area contributed by atoms with Gasteiger partial charge in [-0.25, -0.2) is 4.68 Å². The first-order valence-electron chi connectivity index (χ1n) is 10.4. The lowest BCUT2D eigenvalue weighted by Gasteiger charge is -2.08. The van der Waals surface area contributed by atoms with Crippen LogP contribution in [-0.2, 0) is 17.8 Å². The molecular weight excluding hydrogens is 426 g/mol. The molecular formula is C23H29N5O3S. The van der Waals surface area contributed by atoms with Crippen molar-refractivity contribution in [3.05, 3.63) is 65.5 Å². The van der Waals surface area contributed by atoms with Crippen molar-refractivity contribution in [3.63, 3.8) is 0 Å². The lowest BCUT2D eigenvalue weighted by atomic mass is 10.0. The van der Waals surface area contributed by atoms with Crippen LogP contribution in [0.25, 0.3) is 0 Å². The predicted octanol–water partition coefficient (Wildman–Crippen LogP) is 3.15. The van der Waals surface area contributed by atoms with Gasteiger partial charge in [-0.1, -0.05) is 55.9 Å². The number of carbonyl (C=O) groups is 1. The van der Waals surface area contributed by atoms with E-state index in [0.717, 1.165) is 6.42 Å². The Balaban J connectivity index is 1.41. The summed E-state index contributed by atoms with van der Waals surface area (Å²) in [4.78, 5) is 12.2. The topological polar surface area (TPSA) is 104 Å². The quantitative estimate of drug-likeness (QED) is 0.338. The van der Waals surface area contributed by atoms with Gasteiger partial charge in [-0.3, -0.25) is 4.79 Å². The summed E-state index contributed by atoms with van der Waals surface area (Å²) < 4.78 is 12.2. The normalized spacial score (nSPS) is 10.9. The van der Waals surface area contributed by atoms with Crippen molar-refractivity contribution in [2.75, 3.05) is 25.3 Å². The molecule has 0 unspecified atom stereocenters. The van der Waals surface area contributed by atoms with Crippen LogP contribution in [0.3, 0.4) is 0 Å². The monoisotopic (exact) mass is 455 g/mol. The van der Waals surface area contributed by atoms with E-state index < -0.39 is 0 Å². The molecule has 3 N–H and O–H groups in total. The maximum absolute atomic E-state index is 12.2. The molecule has 3 rings (SSSR count).